The van der Waals surface area contributed by atoms with Crippen molar-refractivity contribution in [2.45, 2.75) is 44.7 Å². The number of hydrogen-bond acceptors (Lipinski definition) is 4. The lowest BCUT2D eigenvalue weighted by atomic mass is 10.0. The number of nitrogens with zero attached hydrogens (tertiary/aromatic N) is 3. The first-order valence-corrected chi connectivity index (χ1v) is 10.2. The highest BCUT2D eigenvalue weighted by atomic mass is 19.1. The van der Waals surface area contributed by atoms with E-state index in [-0.39, 0.29) is 23.5 Å². The van der Waals surface area contributed by atoms with Gasteiger partial charge in [0.25, 0.3) is 0 Å². The van der Waals surface area contributed by atoms with Crippen LogP contribution in [0.25, 0.3) is 0 Å². The lowest BCUT2D eigenvalue weighted by Gasteiger charge is -2.34. The van der Waals surface area contributed by atoms with Crippen molar-refractivity contribution in [1.82, 2.24) is 9.88 Å². The third-order valence-electron chi connectivity index (χ3n) is 5.60. The molecule has 0 saturated carbocycles. The highest BCUT2D eigenvalue weighted by Gasteiger charge is 2.29. The first-order chi connectivity index (χ1) is 14.1. The van der Waals surface area contributed by atoms with Gasteiger partial charge in [0.15, 0.2) is 0 Å². The highest BCUT2D eigenvalue weighted by molar-refractivity contribution is 5.98. The summed E-state index contributed by atoms with van der Waals surface area (Å²) >= 11 is 0. The first-order valence-electron chi connectivity index (χ1n) is 10.2. The SMILES string of the molecule is O=C(Nc1ccc(F)c(N2CCCC2=O)c1)C1CCCCN1Cc1cccnc1. The molecule has 0 spiro atoms. The number of aromatic nitrogens is 1. The molecule has 2 aromatic rings. The Morgan fingerprint density at radius 2 is 2.10 bits per heavy atom. The Bertz CT molecular complexity index is 890. The fraction of sp³-hybridized carbons (Fsp3) is 0.409. The molecule has 152 valence electrons. The minimum atomic E-state index is -0.450. The smallest absolute Gasteiger partial charge is 0.241 e. The van der Waals surface area contributed by atoms with Crippen molar-refractivity contribution in [1.29, 1.82) is 0 Å². The quantitative estimate of drug-likeness (QED) is 0.842. The monoisotopic (exact) mass is 396 g/mol. The normalized spacial score (nSPS) is 20.1. The summed E-state index contributed by atoms with van der Waals surface area (Å²) in [5.74, 6) is -0.629. The molecule has 7 heteroatoms. The second kappa shape index (κ2) is 8.69. The van der Waals surface area contributed by atoms with Crippen molar-refractivity contribution >= 4 is 23.2 Å². The molecule has 1 unspecified atom stereocenters. The fourth-order valence-corrected chi connectivity index (χ4v) is 4.13. The molecule has 0 bridgehead atoms. The second-order valence-electron chi connectivity index (χ2n) is 7.65. The summed E-state index contributed by atoms with van der Waals surface area (Å²) in [6, 6.07) is 8.08. The third kappa shape index (κ3) is 4.45. The van der Waals surface area contributed by atoms with Crippen LogP contribution in [-0.4, -0.2) is 40.8 Å². The molecular weight excluding hydrogens is 371 g/mol. The predicted molar refractivity (Wildman–Crippen MR) is 109 cm³/mol. The molecule has 0 aliphatic carbocycles. The van der Waals surface area contributed by atoms with Crippen molar-refractivity contribution in [2.75, 3.05) is 23.3 Å². The van der Waals surface area contributed by atoms with Crippen LogP contribution in [0.1, 0.15) is 37.7 Å². The zero-order valence-electron chi connectivity index (χ0n) is 16.3. The Morgan fingerprint density at radius 1 is 1.21 bits per heavy atom. The standard InChI is InChI=1S/C22H25FN4O2/c23-18-9-8-17(13-20(18)27-12-4-7-21(27)28)25-22(29)19-6-1-2-11-26(19)15-16-5-3-10-24-14-16/h3,5,8-10,13-14,19H,1-2,4,6-7,11-12,15H2,(H,25,29). The van der Waals surface area contributed by atoms with Gasteiger partial charge in [0.05, 0.1) is 11.7 Å². The van der Waals surface area contributed by atoms with Gasteiger partial charge in [0, 0.05) is 37.6 Å². The maximum Gasteiger partial charge on any atom is 0.241 e. The Balaban J connectivity index is 1.48. The zero-order chi connectivity index (χ0) is 20.2. The molecule has 1 aromatic heterocycles. The molecule has 0 radical (unpaired) electrons. The summed E-state index contributed by atoms with van der Waals surface area (Å²) in [6.07, 6.45) is 7.55. The number of benzene rings is 1. The van der Waals surface area contributed by atoms with Crippen LogP contribution in [0.4, 0.5) is 15.8 Å². The van der Waals surface area contributed by atoms with Gasteiger partial charge in [-0.2, -0.15) is 0 Å². The van der Waals surface area contributed by atoms with Crippen LogP contribution in [0.3, 0.4) is 0 Å². The van der Waals surface area contributed by atoms with Gasteiger partial charge in [-0.1, -0.05) is 12.5 Å². The zero-order valence-corrected chi connectivity index (χ0v) is 16.3. The number of anilines is 2. The van der Waals surface area contributed by atoms with E-state index in [2.05, 4.69) is 15.2 Å². The molecule has 1 atom stereocenters. The minimum absolute atomic E-state index is 0.0812. The van der Waals surface area contributed by atoms with Gasteiger partial charge in [0.2, 0.25) is 11.8 Å². The fourth-order valence-electron chi connectivity index (χ4n) is 4.13. The van der Waals surface area contributed by atoms with Gasteiger partial charge in [-0.15, -0.1) is 0 Å². The van der Waals surface area contributed by atoms with Crippen molar-refractivity contribution in [3.05, 3.63) is 54.1 Å². The average molecular weight is 396 g/mol. The number of carbonyl (C=O) groups is 2. The number of rotatable bonds is 5. The Labute approximate surface area is 169 Å². The van der Waals surface area contributed by atoms with E-state index in [9.17, 15) is 14.0 Å². The minimum Gasteiger partial charge on any atom is -0.325 e. The molecule has 2 fully saturated rings. The van der Waals surface area contributed by atoms with Gasteiger partial charge in [-0.3, -0.25) is 19.5 Å². The summed E-state index contributed by atoms with van der Waals surface area (Å²) in [5.41, 5.74) is 1.82. The van der Waals surface area contributed by atoms with Crippen LogP contribution in [-0.2, 0) is 16.1 Å². The molecule has 2 saturated heterocycles. The topological polar surface area (TPSA) is 65.5 Å². The van der Waals surface area contributed by atoms with E-state index in [1.54, 1.807) is 18.3 Å². The first kappa shape index (κ1) is 19.5. The van der Waals surface area contributed by atoms with Crippen LogP contribution < -0.4 is 10.2 Å². The second-order valence-corrected chi connectivity index (χ2v) is 7.65. The van der Waals surface area contributed by atoms with Gasteiger partial charge >= 0.3 is 0 Å². The summed E-state index contributed by atoms with van der Waals surface area (Å²) in [6.45, 7) is 2.03. The van der Waals surface area contributed by atoms with Crippen LogP contribution in [0.5, 0.6) is 0 Å². The lowest BCUT2D eigenvalue weighted by molar-refractivity contribution is -0.122. The van der Waals surface area contributed by atoms with Crippen molar-refractivity contribution < 1.29 is 14.0 Å². The maximum atomic E-state index is 14.3. The van der Waals surface area contributed by atoms with Gasteiger partial charge < -0.3 is 10.2 Å². The van der Waals surface area contributed by atoms with Crippen LogP contribution in [0.15, 0.2) is 42.7 Å². The van der Waals surface area contributed by atoms with E-state index in [4.69, 9.17) is 0 Å². The van der Waals surface area contributed by atoms with Crippen LogP contribution in [0, 0.1) is 5.82 Å². The van der Waals surface area contributed by atoms with E-state index in [1.807, 2.05) is 18.3 Å². The third-order valence-corrected chi connectivity index (χ3v) is 5.60. The van der Waals surface area contributed by atoms with E-state index in [1.165, 1.54) is 11.0 Å². The number of piperidine rings is 1. The number of halogens is 1. The van der Waals surface area contributed by atoms with Crippen LogP contribution in [0.2, 0.25) is 0 Å². The van der Waals surface area contributed by atoms with E-state index in [0.29, 0.717) is 25.2 Å². The molecule has 2 amide bonds. The van der Waals surface area contributed by atoms with Crippen molar-refractivity contribution in [3.8, 4) is 0 Å². The number of hydrogen-bond donors (Lipinski definition) is 1. The summed E-state index contributed by atoms with van der Waals surface area (Å²) in [7, 11) is 0. The molecule has 4 rings (SSSR count). The average Bonchev–Trinajstić information content (AvgIpc) is 3.16. The number of likely N-dealkylation sites (tertiary alicyclic amines) is 1. The number of pyridine rings is 1. The molecule has 1 aromatic carbocycles. The van der Waals surface area contributed by atoms with Gasteiger partial charge in [0.1, 0.15) is 5.82 Å². The van der Waals surface area contributed by atoms with Gasteiger partial charge in [-0.25, -0.2) is 4.39 Å². The number of nitrogens with one attached hydrogen (secondary N) is 1. The van der Waals surface area contributed by atoms with E-state index in [0.717, 1.165) is 37.8 Å². The van der Waals surface area contributed by atoms with Crippen LogP contribution >= 0.6 is 0 Å². The molecule has 2 aliphatic rings. The Morgan fingerprint density at radius 3 is 2.86 bits per heavy atom. The molecule has 2 aliphatic heterocycles. The largest absolute Gasteiger partial charge is 0.325 e. The number of carbonyl (C=O) groups excluding carboxylic acids is 2. The highest BCUT2D eigenvalue weighted by Crippen LogP contribution is 2.28. The Hall–Kier alpha value is -2.80. The molecule has 3 heterocycles. The number of amides is 2. The summed E-state index contributed by atoms with van der Waals surface area (Å²) in [5, 5.41) is 2.93. The van der Waals surface area contributed by atoms with Crippen molar-refractivity contribution in [3.63, 3.8) is 0 Å². The Kier molecular flexibility index (Phi) is 5.85. The predicted octanol–water partition coefficient (Wildman–Crippen LogP) is 3.34. The van der Waals surface area contributed by atoms with E-state index < -0.39 is 5.82 Å². The lowest BCUT2D eigenvalue weighted by Crippen LogP contribution is -2.46. The molecule has 1 N–H and O–H groups in total. The molecule has 29 heavy (non-hydrogen) atoms. The van der Waals surface area contributed by atoms with E-state index >= 15 is 0 Å². The van der Waals surface area contributed by atoms with Gasteiger partial charge in [-0.05, 0) is 55.6 Å². The summed E-state index contributed by atoms with van der Waals surface area (Å²) < 4.78 is 14.3. The molecule has 6 nitrogen and oxygen atoms in total. The summed E-state index contributed by atoms with van der Waals surface area (Å²) in [4.78, 5) is 32.8. The van der Waals surface area contributed by atoms with Crippen molar-refractivity contribution in [2.24, 2.45) is 0 Å². The maximum absolute atomic E-state index is 14.3. The molecular formula is C22H25FN4O2.